The first-order valence-corrected chi connectivity index (χ1v) is 6.29. The fourth-order valence-electron chi connectivity index (χ4n) is 2.37. The van der Waals surface area contributed by atoms with E-state index in [-0.39, 0.29) is 39.9 Å². The minimum Gasteiger partial charge on any atom is -0.371 e. The Balaban J connectivity index is 2.46. The lowest BCUT2D eigenvalue weighted by molar-refractivity contribution is 1.22. The van der Waals surface area contributed by atoms with Gasteiger partial charge in [-0.3, -0.25) is 0 Å². The molecule has 106 valence electrons. The molecule has 0 saturated heterocycles. The maximum absolute atomic E-state index is 9.16. The first kappa shape index (κ1) is 14.4. The fourth-order valence-corrected chi connectivity index (χ4v) is 2.37. The topological polar surface area (TPSA) is 98.8 Å². The molecule has 2 heterocycles. The van der Waals surface area contributed by atoms with Gasteiger partial charge in [-0.15, -0.1) is 9.94 Å². The number of nitrogens with zero attached hydrogens (tertiary/aromatic N) is 8. The number of aromatic nitrogens is 2. The minimum atomic E-state index is -0.102. The SMILES string of the molecule is [C-]#[N+]/N=C1\c2nc(C#N)c(C#N)cc2-c2cc([N+]#[C-])c([N+]#[C-])nc21. The molecule has 2 aromatic rings. The third-order valence-electron chi connectivity index (χ3n) is 3.35. The molecular weight excluding hydrogens is 304 g/mol. The summed E-state index contributed by atoms with van der Waals surface area (Å²) in [5.41, 5.74) is 1.56. The van der Waals surface area contributed by atoms with Crippen LogP contribution in [0.2, 0.25) is 0 Å². The normalized spacial score (nSPS) is 12.0. The van der Waals surface area contributed by atoms with Crippen LogP contribution in [0.3, 0.4) is 0 Å². The van der Waals surface area contributed by atoms with Crippen LogP contribution in [0.15, 0.2) is 17.2 Å². The Kier molecular flexibility index (Phi) is 3.18. The Morgan fingerprint density at radius 3 is 2.25 bits per heavy atom. The summed E-state index contributed by atoms with van der Waals surface area (Å²) in [6.07, 6.45) is 0. The molecule has 0 atom stereocenters. The van der Waals surface area contributed by atoms with Crippen LogP contribution in [0.25, 0.3) is 25.8 Å². The third kappa shape index (κ3) is 1.85. The predicted molar refractivity (Wildman–Crippen MR) is 81.7 cm³/mol. The van der Waals surface area contributed by atoms with Crippen LogP contribution >= 0.6 is 0 Å². The van der Waals surface area contributed by atoms with Gasteiger partial charge in [0.25, 0.3) is 5.82 Å². The van der Waals surface area contributed by atoms with Crippen LogP contribution in [0, 0.1) is 42.4 Å². The maximum Gasteiger partial charge on any atom is 0.274 e. The fraction of sp³-hybridized carbons (Fsp3) is 0. The second-order valence-electron chi connectivity index (χ2n) is 4.50. The Hall–Kier alpha value is -4.58. The zero-order valence-corrected chi connectivity index (χ0v) is 11.7. The van der Waals surface area contributed by atoms with E-state index in [9.17, 15) is 0 Å². The molecule has 8 heteroatoms. The van der Waals surface area contributed by atoms with Crippen molar-refractivity contribution < 1.29 is 0 Å². The van der Waals surface area contributed by atoms with Gasteiger partial charge in [0.1, 0.15) is 17.8 Å². The Labute approximate surface area is 136 Å². The molecule has 2 aromatic heterocycles. The molecule has 8 nitrogen and oxygen atoms in total. The second-order valence-corrected chi connectivity index (χ2v) is 4.50. The summed E-state index contributed by atoms with van der Waals surface area (Å²) in [5.74, 6) is -0.102. The van der Waals surface area contributed by atoms with Crippen LogP contribution in [-0.4, -0.2) is 15.7 Å². The zero-order chi connectivity index (χ0) is 17.3. The lowest BCUT2D eigenvalue weighted by Crippen LogP contribution is -2.04. The highest BCUT2D eigenvalue weighted by Crippen LogP contribution is 2.41. The molecule has 0 radical (unpaired) electrons. The van der Waals surface area contributed by atoms with Gasteiger partial charge in [-0.1, -0.05) is 12.6 Å². The highest BCUT2D eigenvalue weighted by molar-refractivity contribution is 6.23. The van der Waals surface area contributed by atoms with Crippen molar-refractivity contribution in [1.29, 1.82) is 10.5 Å². The van der Waals surface area contributed by atoms with Gasteiger partial charge in [-0.2, -0.15) is 17.1 Å². The van der Waals surface area contributed by atoms with Crippen molar-refractivity contribution in [1.82, 2.24) is 9.97 Å². The molecule has 1 aliphatic carbocycles. The van der Waals surface area contributed by atoms with Gasteiger partial charge in [-0.05, 0) is 6.07 Å². The first-order chi connectivity index (χ1) is 11.7. The highest BCUT2D eigenvalue weighted by Gasteiger charge is 2.35. The quantitative estimate of drug-likeness (QED) is 0.471. The maximum atomic E-state index is 9.16. The van der Waals surface area contributed by atoms with Gasteiger partial charge in [0.15, 0.2) is 11.4 Å². The number of nitriles is 2. The number of hydrogen-bond acceptors (Lipinski definition) is 5. The van der Waals surface area contributed by atoms with E-state index < -0.39 is 0 Å². The molecule has 0 N–H and O–H groups in total. The summed E-state index contributed by atoms with van der Waals surface area (Å²) < 4.78 is 0. The molecule has 0 unspecified atom stereocenters. The molecule has 0 bridgehead atoms. The van der Waals surface area contributed by atoms with Gasteiger partial charge in [-0.25, -0.2) is 9.83 Å². The molecule has 0 aromatic carbocycles. The summed E-state index contributed by atoms with van der Waals surface area (Å²) in [6.45, 7) is 21.2. The van der Waals surface area contributed by atoms with Crippen molar-refractivity contribution in [3.8, 4) is 23.3 Å². The minimum absolute atomic E-state index is 0.0571. The van der Waals surface area contributed by atoms with E-state index in [1.54, 1.807) is 0 Å². The van der Waals surface area contributed by atoms with Gasteiger partial charge in [0.05, 0.1) is 17.2 Å². The molecule has 0 saturated carbocycles. The number of fused-ring (bicyclic) bond motifs is 3. The summed E-state index contributed by atoms with van der Waals surface area (Å²) >= 11 is 0. The van der Waals surface area contributed by atoms with Crippen molar-refractivity contribution in [3.05, 3.63) is 69.1 Å². The highest BCUT2D eigenvalue weighted by atomic mass is 15.2. The molecule has 0 spiro atoms. The number of rotatable bonds is 0. The molecular formula is C16H2N8. The van der Waals surface area contributed by atoms with E-state index in [4.69, 9.17) is 30.2 Å². The van der Waals surface area contributed by atoms with Gasteiger partial charge in [0, 0.05) is 11.1 Å². The summed E-state index contributed by atoms with van der Waals surface area (Å²) in [4.78, 5) is 17.7. The molecule has 1 aliphatic rings. The van der Waals surface area contributed by atoms with E-state index in [0.29, 0.717) is 11.1 Å². The van der Waals surface area contributed by atoms with Crippen molar-refractivity contribution >= 4 is 17.2 Å². The average molecular weight is 306 g/mol. The summed E-state index contributed by atoms with van der Waals surface area (Å²) in [6, 6.07) is 6.64. The van der Waals surface area contributed by atoms with Crippen molar-refractivity contribution in [3.63, 3.8) is 0 Å². The van der Waals surface area contributed by atoms with Crippen LogP contribution in [0.4, 0.5) is 11.5 Å². The smallest absolute Gasteiger partial charge is 0.274 e. The van der Waals surface area contributed by atoms with E-state index in [1.807, 2.05) is 12.1 Å². The lowest BCUT2D eigenvalue weighted by Gasteiger charge is -2.01. The predicted octanol–water partition coefficient (Wildman–Crippen LogP) is 2.97. The first-order valence-electron chi connectivity index (χ1n) is 6.29. The molecule has 3 rings (SSSR count). The molecule has 0 aliphatic heterocycles. The van der Waals surface area contributed by atoms with Crippen LogP contribution in [0.5, 0.6) is 0 Å². The van der Waals surface area contributed by atoms with Crippen LogP contribution in [-0.2, 0) is 0 Å². The molecule has 24 heavy (non-hydrogen) atoms. The molecule has 0 fully saturated rings. The van der Waals surface area contributed by atoms with E-state index >= 15 is 0 Å². The van der Waals surface area contributed by atoms with E-state index in [1.165, 1.54) is 12.1 Å². The second kappa shape index (κ2) is 5.32. The van der Waals surface area contributed by atoms with Crippen molar-refractivity contribution in [2.45, 2.75) is 0 Å². The largest absolute Gasteiger partial charge is 0.371 e. The Morgan fingerprint density at radius 1 is 0.958 bits per heavy atom. The third-order valence-corrected chi connectivity index (χ3v) is 3.35. The number of pyridine rings is 2. The van der Waals surface area contributed by atoms with E-state index in [0.717, 1.165) is 0 Å². The summed E-state index contributed by atoms with van der Waals surface area (Å²) in [7, 11) is 0. The van der Waals surface area contributed by atoms with Crippen LogP contribution < -0.4 is 0 Å². The van der Waals surface area contributed by atoms with Crippen LogP contribution in [0.1, 0.15) is 22.6 Å². The van der Waals surface area contributed by atoms with Crippen molar-refractivity contribution in [2.24, 2.45) is 5.10 Å². The Bertz CT molecular complexity index is 1070. The van der Waals surface area contributed by atoms with Crippen molar-refractivity contribution in [2.75, 3.05) is 0 Å². The number of hydrogen-bond donors (Lipinski definition) is 0. The monoisotopic (exact) mass is 306 g/mol. The average Bonchev–Trinajstić information content (AvgIpc) is 2.91. The summed E-state index contributed by atoms with van der Waals surface area (Å²) in [5, 5.41) is 22.0. The van der Waals surface area contributed by atoms with Gasteiger partial charge < -0.3 is 4.85 Å². The van der Waals surface area contributed by atoms with Gasteiger partial charge >= 0.3 is 0 Å². The lowest BCUT2D eigenvalue weighted by atomic mass is 10.1. The standard InChI is InChI=1S/C16H2N8/c1-19-11-5-10-9-4-8(6-17)12(7-18)22-13(9)15(24-21-3)14(10)23-16(11)20-2/h4-5H/b24-15+. The van der Waals surface area contributed by atoms with Gasteiger partial charge in [0.2, 0.25) is 11.4 Å². The Morgan fingerprint density at radius 2 is 1.67 bits per heavy atom. The molecule has 0 amide bonds. The zero-order valence-electron chi connectivity index (χ0n) is 11.7. The van der Waals surface area contributed by atoms with E-state index in [2.05, 4.69) is 29.7 Å².